The highest BCUT2D eigenvalue weighted by molar-refractivity contribution is 5.13. The lowest BCUT2D eigenvalue weighted by Crippen LogP contribution is -2.05. The van der Waals surface area contributed by atoms with Crippen molar-refractivity contribution in [2.24, 2.45) is 0 Å². The second-order valence-corrected chi connectivity index (χ2v) is 3.01. The van der Waals surface area contributed by atoms with E-state index >= 15 is 0 Å². The molecule has 0 saturated carbocycles. The second-order valence-electron chi connectivity index (χ2n) is 3.01. The Morgan fingerprint density at radius 1 is 1.58 bits per heavy atom. The van der Waals surface area contributed by atoms with Crippen molar-refractivity contribution < 1.29 is 5.11 Å². The van der Waals surface area contributed by atoms with Crippen molar-refractivity contribution in [3.8, 4) is 0 Å². The summed E-state index contributed by atoms with van der Waals surface area (Å²) in [6.07, 6.45) is 2.50. The molecule has 1 atom stereocenters. The van der Waals surface area contributed by atoms with Gasteiger partial charge in [-0.2, -0.15) is 0 Å². The van der Waals surface area contributed by atoms with Gasteiger partial charge in [0.1, 0.15) is 0 Å². The molecule has 1 heteroatoms. The molecule has 1 unspecified atom stereocenters. The van der Waals surface area contributed by atoms with Crippen molar-refractivity contribution in [1.29, 1.82) is 0 Å². The average molecular weight is 163 g/mol. The molecule has 0 aliphatic carbocycles. The normalized spacial score (nSPS) is 12.8. The van der Waals surface area contributed by atoms with Gasteiger partial charge in [0.05, 0.1) is 6.10 Å². The molecule has 0 aromatic heterocycles. The summed E-state index contributed by atoms with van der Waals surface area (Å²) in [5.74, 6) is 0. The van der Waals surface area contributed by atoms with Gasteiger partial charge in [0.25, 0.3) is 0 Å². The Morgan fingerprint density at radius 2 is 2.42 bits per heavy atom. The van der Waals surface area contributed by atoms with Crippen LogP contribution in [0, 0.1) is 6.07 Å². The monoisotopic (exact) mass is 163 g/mol. The summed E-state index contributed by atoms with van der Waals surface area (Å²) in [4.78, 5) is 0. The summed E-state index contributed by atoms with van der Waals surface area (Å²) in [5, 5.41) is 9.31. The minimum atomic E-state index is -0.148. The van der Waals surface area contributed by atoms with Crippen molar-refractivity contribution in [2.45, 2.75) is 32.3 Å². The molecule has 0 aliphatic rings. The van der Waals surface area contributed by atoms with E-state index in [1.165, 1.54) is 5.56 Å². The van der Waals surface area contributed by atoms with E-state index in [1.807, 2.05) is 25.1 Å². The van der Waals surface area contributed by atoms with E-state index in [1.54, 1.807) is 0 Å². The molecule has 1 rings (SSSR count). The molecule has 1 aromatic rings. The van der Waals surface area contributed by atoms with Crippen LogP contribution in [0.3, 0.4) is 0 Å². The topological polar surface area (TPSA) is 20.2 Å². The van der Waals surface area contributed by atoms with E-state index in [0.717, 1.165) is 19.3 Å². The molecule has 1 aromatic carbocycles. The molecule has 1 radical (unpaired) electrons. The molecular weight excluding hydrogens is 148 g/mol. The molecule has 0 bridgehead atoms. The Labute approximate surface area is 74.1 Å². The third-order valence-corrected chi connectivity index (χ3v) is 2.01. The van der Waals surface area contributed by atoms with Crippen LogP contribution in [0.5, 0.6) is 0 Å². The maximum absolute atomic E-state index is 9.31. The quantitative estimate of drug-likeness (QED) is 0.721. The summed E-state index contributed by atoms with van der Waals surface area (Å²) < 4.78 is 0. The van der Waals surface area contributed by atoms with Crippen molar-refractivity contribution in [2.75, 3.05) is 0 Å². The fraction of sp³-hybridized carbons (Fsp3) is 0.455. The van der Waals surface area contributed by atoms with Gasteiger partial charge in [-0.25, -0.2) is 0 Å². The van der Waals surface area contributed by atoms with Crippen LogP contribution in [-0.2, 0) is 6.42 Å². The molecule has 0 aliphatic heterocycles. The van der Waals surface area contributed by atoms with Crippen LogP contribution < -0.4 is 0 Å². The minimum absolute atomic E-state index is 0.148. The van der Waals surface area contributed by atoms with Crippen LogP contribution in [0.25, 0.3) is 0 Å². The third kappa shape index (κ3) is 3.05. The highest BCUT2D eigenvalue weighted by Crippen LogP contribution is 2.05. The van der Waals surface area contributed by atoms with Crippen LogP contribution in [0.4, 0.5) is 0 Å². The predicted octanol–water partition coefficient (Wildman–Crippen LogP) is 2.19. The van der Waals surface area contributed by atoms with Gasteiger partial charge in [0.15, 0.2) is 0 Å². The molecule has 0 heterocycles. The standard InChI is InChI=1S/C11H15O/c1-2-11(12)9-8-10-6-4-3-5-7-10/h3-4,6-7,11-12H,2,8-9H2,1H3. The van der Waals surface area contributed by atoms with Gasteiger partial charge in [-0.3, -0.25) is 0 Å². The number of aliphatic hydroxyl groups excluding tert-OH is 1. The van der Waals surface area contributed by atoms with Gasteiger partial charge in [0, 0.05) is 0 Å². The fourth-order valence-electron chi connectivity index (χ4n) is 1.12. The van der Waals surface area contributed by atoms with Crippen LogP contribution in [-0.4, -0.2) is 11.2 Å². The Morgan fingerprint density at radius 3 is 3.00 bits per heavy atom. The summed E-state index contributed by atoms with van der Waals surface area (Å²) in [7, 11) is 0. The van der Waals surface area contributed by atoms with Gasteiger partial charge in [-0.1, -0.05) is 31.2 Å². The minimum Gasteiger partial charge on any atom is -0.393 e. The molecule has 0 amide bonds. The lowest BCUT2D eigenvalue weighted by molar-refractivity contribution is 0.160. The van der Waals surface area contributed by atoms with E-state index < -0.39 is 0 Å². The Hall–Kier alpha value is -0.820. The van der Waals surface area contributed by atoms with Crippen molar-refractivity contribution in [3.63, 3.8) is 0 Å². The number of aliphatic hydroxyl groups is 1. The smallest absolute Gasteiger partial charge is 0.0540 e. The van der Waals surface area contributed by atoms with Crippen molar-refractivity contribution in [3.05, 3.63) is 35.9 Å². The lowest BCUT2D eigenvalue weighted by Gasteiger charge is -2.06. The highest BCUT2D eigenvalue weighted by atomic mass is 16.3. The largest absolute Gasteiger partial charge is 0.393 e. The van der Waals surface area contributed by atoms with Gasteiger partial charge in [-0.15, -0.1) is 0 Å². The summed E-state index contributed by atoms with van der Waals surface area (Å²) in [6.45, 7) is 2.00. The molecule has 0 fully saturated rings. The predicted molar refractivity (Wildman–Crippen MR) is 49.9 cm³/mol. The number of aryl methyl sites for hydroxylation is 1. The summed E-state index contributed by atoms with van der Waals surface area (Å²) in [5.41, 5.74) is 1.25. The first kappa shape index (κ1) is 9.27. The van der Waals surface area contributed by atoms with E-state index in [0.29, 0.717) is 0 Å². The van der Waals surface area contributed by atoms with Crippen LogP contribution in [0.15, 0.2) is 24.3 Å². The molecule has 1 nitrogen and oxygen atoms in total. The van der Waals surface area contributed by atoms with Gasteiger partial charge in [-0.05, 0) is 30.9 Å². The van der Waals surface area contributed by atoms with Crippen molar-refractivity contribution >= 4 is 0 Å². The van der Waals surface area contributed by atoms with Crippen LogP contribution in [0.2, 0.25) is 0 Å². The molecule has 65 valence electrons. The first-order valence-corrected chi connectivity index (χ1v) is 4.46. The molecular formula is C11H15O. The molecule has 1 N–H and O–H groups in total. The second kappa shape index (κ2) is 4.94. The number of rotatable bonds is 4. The Kier molecular flexibility index (Phi) is 3.81. The SMILES string of the molecule is CCC(O)CCc1c[c]ccc1. The zero-order valence-electron chi connectivity index (χ0n) is 7.46. The molecule has 0 saturated heterocycles. The maximum atomic E-state index is 9.31. The highest BCUT2D eigenvalue weighted by Gasteiger charge is 2.00. The lowest BCUT2D eigenvalue weighted by atomic mass is 10.1. The molecule has 12 heavy (non-hydrogen) atoms. The van der Waals surface area contributed by atoms with Crippen LogP contribution >= 0.6 is 0 Å². The first-order chi connectivity index (χ1) is 5.83. The number of benzene rings is 1. The average Bonchev–Trinajstić information content (AvgIpc) is 2.16. The Bertz CT molecular complexity index is 206. The number of hydrogen-bond acceptors (Lipinski definition) is 1. The fourth-order valence-corrected chi connectivity index (χ4v) is 1.12. The first-order valence-electron chi connectivity index (χ1n) is 4.46. The third-order valence-electron chi connectivity index (χ3n) is 2.01. The van der Waals surface area contributed by atoms with E-state index in [2.05, 4.69) is 12.1 Å². The Balaban J connectivity index is 2.33. The zero-order valence-corrected chi connectivity index (χ0v) is 7.46. The van der Waals surface area contributed by atoms with E-state index in [9.17, 15) is 5.11 Å². The summed E-state index contributed by atoms with van der Waals surface area (Å²) >= 11 is 0. The summed E-state index contributed by atoms with van der Waals surface area (Å²) in [6, 6.07) is 10.9. The van der Waals surface area contributed by atoms with Crippen molar-refractivity contribution in [1.82, 2.24) is 0 Å². The number of hydrogen-bond donors (Lipinski definition) is 1. The van der Waals surface area contributed by atoms with Gasteiger partial charge < -0.3 is 5.11 Å². The zero-order chi connectivity index (χ0) is 8.81. The van der Waals surface area contributed by atoms with E-state index in [-0.39, 0.29) is 6.10 Å². The van der Waals surface area contributed by atoms with Gasteiger partial charge in [0.2, 0.25) is 0 Å². The maximum Gasteiger partial charge on any atom is 0.0540 e. The van der Waals surface area contributed by atoms with Crippen LogP contribution in [0.1, 0.15) is 25.3 Å². The van der Waals surface area contributed by atoms with Gasteiger partial charge >= 0.3 is 0 Å². The van der Waals surface area contributed by atoms with E-state index in [4.69, 9.17) is 0 Å². The molecule has 0 spiro atoms.